The molecule has 2 saturated heterocycles. The summed E-state index contributed by atoms with van der Waals surface area (Å²) in [5, 5.41) is 10.6. The molecule has 0 aromatic carbocycles. The maximum atomic E-state index is 5.71. The zero-order valence-corrected chi connectivity index (χ0v) is 30.1. The van der Waals surface area contributed by atoms with Gasteiger partial charge in [0.05, 0.1) is 26.4 Å². The van der Waals surface area contributed by atoms with Crippen LogP contribution >= 0.6 is 0 Å². The highest BCUT2D eigenvalue weighted by Crippen LogP contribution is 2.15. The predicted molar refractivity (Wildman–Crippen MR) is 190 cm³/mol. The minimum Gasteiger partial charge on any atom is -0.379 e. The van der Waals surface area contributed by atoms with Crippen molar-refractivity contribution in [1.82, 2.24) is 20.0 Å². The summed E-state index contributed by atoms with van der Waals surface area (Å²) in [5.74, 6) is 0. The Morgan fingerprint density at radius 3 is 0.864 bits per heavy atom. The first kappa shape index (κ1) is 39.9. The van der Waals surface area contributed by atoms with Crippen molar-refractivity contribution in [2.45, 2.75) is 168 Å². The third-order valence-electron chi connectivity index (χ3n) is 9.93. The predicted octanol–water partition coefficient (Wildman–Crippen LogP) is 9.49. The van der Waals surface area contributed by atoms with Gasteiger partial charge in [-0.15, -0.1) is 0 Å². The molecule has 0 bridgehead atoms. The Balaban J connectivity index is 1.64. The van der Waals surface area contributed by atoms with Gasteiger partial charge in [0.1, 0.15) is 0 Å². The van der Waals surface area contributed by atoms with Crippen molar-refractivity contribution in [3.05, 3.63) is 0 Å². The smallest absolute Gasteiger partial charge is 0.0608 e. The van der Waals surface area contributed by atoms with Crippen molar-refractivity contribution in [3.63, 3.8) is 0 Å². The van der Waals surface area contributed by atoms with Gasteiger partial charge in [0.15, 0.2) is 0 Å². The molecular formula is C38H78N4O2. The van der Waals surface area contributed by atoms with Crippen LogP contribution in [0.3, 0.4) is 0 Å². The number of ether oxygens (including phenoxy) is 2. The minimum atomic E-state index is 0.876. The van der Waals surface area contributed by atoms with Gasteiger partial charge >= 0.3 is 0 Å². The second-order valence-corrected chi connectivity index (χ2v) is 13.8. The largest absolute Gasteiger partial charge is 0.379 e. The lowest BCUT2D eigenvalue weighted by Crippen LogP contribution is -2.55. The third-order valence-corrected chi connectivity index (χ3v) is 9.93. The summed E-state index contributed by atoms with van der Waals surface area (Å²) >= 11 is 0. The summed E-state index contributed by atoms with van der Waals surface area (Å²) in [6.07, 6.45) is 34.0. The van der Waals surface area contributed by atoms with Gasteiger partial charge in [-0.1, -0.05) is 155 Å². The lowest BCUT2D eigenvalue weighted by atomic mass is 10.1. The van der Waals surface area contributed by atoms with Crippen LogP contribution in [-0.4, -0.2) is 98.8 Å². The molecule has 6 heteroatoms. The average molecular weight is 623 g/mol. The molecule has 0 aromatic heterocycles. The van der Waals surface area contributed by atoms with E-state index >= 15 is 0 Å². The highest BCUT2D eigenvalue weighted by molar-refractivity contribution is 4.68. The number of hydrogen-bond acceptors (Lipinski definition) is 6. The fourth-order valence-electron chi connectivity index (χ4n) is 6.96. The molecule has 0 spiro atoms. The van der Waals surface area contributed by atoms with Crippen LogP contribution in [0.2, 0.25) is 0 Å². The molecule has 44 heavy (non-hydrogen) atoms. The Morgan fingerprint density at radius 2 is 0.591 bits per heavy atom. The van der Waals surface area contributed by atoms with Crippen LogP contribution < -0.4 is 0 Å². The fourth-order valence-corrected chi connectivity index (χ4v) is 6.96. The maximum absolute atomic E-state index is 5.71. The molecule has 6 nitrogen and oxygen atoms in total. The van der Waals surface area contributed by atoms with Gasteiger partial charge in [0.25, 0.3) is 0 Å². The monoisotopic (exact) mass is 623 g/mol. The van der Waals surface area contributed by atoms with E-state index in [4.69, 9.17) is 9.47 Å². The van der Waals surface area contributed by atoms with Crippen LogP contribution in [0.15, 0.2) is 0 Å². The highest BCUT2D eigenvalue weighted by Gasteiger charge is 2.22. The summed E-state index contributed by atoms with van der Waals surface area (Å²) in [6, 6.07) is 0. The van der Waals surface area contributed by atoms with Gasteiger partial charge in [-0.2, -0.15) is 0 Å². The molecule has 0 radical (unpaired) electrons. The molecule has 0 saturated carbocycles. The lowest BCUT2D eigenvalue weighted by Gasteiger charge is -2.41. The summed E-state index contributed by atoms with van der Waals surface area (Å²) in [7, 11) is 0. The van der Waals surface area contributed by atoms with Gasteiger partial charge in [-0.05, 0) is 12.8 Å². The first-order chi connectivity index (χ1) is 21.8. The van der Waals surface area contributed by atoms with Crippen molar-refractivity contribution < 1.29 is 9.47 Å². The normalized spacial score (nSPS) is 16.9. The summed E-state index contributed by atoms with van der Waals surface area (Å²) in [5.41, 5.74) is 0. The molecule has 2 heterocycles. The zero-order chi connectivity index (χ0) is 31.2. The first-order valence-electron chi connectivity index (χ1n) is 20.0. The topological polar surface area (TPSA) is 31.4 Å². The molecular weight excluding hydrogens is 544 g/mol. The van der Waals surface area contributed by atoms with E-state index in [9.17, 15) is 0 Å². The van der Waals surface area contributed by atoms with E-state index in [2.05, 4.69) is 33.9 Å². The number of unbranched alkanes of at least 4 members (excludes halogenated alkanes) is 22. The number of nitrogens with zero attached hydrogens (tertiary/aromatic N) is 4. The molecule has 262 valence electrons. The van der Waals surface area contributed by atoms with E-state index < -0.39 is 0 Å². The number of hydrazine groups is 2. The van der Waals surface area contributed by atoms with Crippen LogP contribution in [-0.2, 0) is 9.47 Å². The van der Waals surface area contributed by atoms with Crippen LogP contribution in [0.25, 0.3) is 0 Å². The van der Waals surface area contributed by atoms with Crippen molar-refractivity contribution in [2.24, 2.45) is 0 Å². The molecule has 2 fully saturated rings. The minimum absolute atomic E-state index is 0.876. The molecule has 2 aliphatic heterocycles. The second-order valence-electron chi connectivity index (χ2n) is 13.8. The number of hydrogen-bond donors (Lipinski definition) is 0. The number of rotatable bonds is 31. The Kier molecular flexibility index (Phi) is 27.3. The van der Waals surface area contributed by atoms with Crippen LogP contribution in [0, 0.1) is 0 Å². The summed E-state index contributed by atoms with van der Waals surface area (Å²) in [6.45, 7) is 17.0. The number of morpholine rings is 2. The second kappa shape index (κ2) is 30.1. The van der Waals surface area contributed by atoms with Gasteiger partial charge in [-0.25, -0.2) is 20.0 Å². The third kappa shape index (κ3) is 21.5. The molecule has 0 atom stereocenters. The highest BCUT2D eigenvalue weighted by atomic mass is 16.5. The molecule has 0 aliphatic carbocycles. The molecule has 0 N–H and O–H groups in total. The van der Waals surface area contributed by atoms with Crippen molar-refractivity contribution >= 4 is 0 Å². The van der Waals surface area contributed by atoms with E-state index in [1.54, 1.807) is 0 Å². The maximum Gasteiger partial charge on any atom is 0.0608 e. The van der Waals surface area contributed by atoms with Gasteiger partial charge in [0.2, 0.25) is 0 Å². The van der Waals surface area contributed by atoms with E-state index in [-0.39, 0.29) is 0 Å². The zero-order valence-electron chi connectivity index (χ0n) is 30.1. The van der Waals surface area contributed by atoms with Crippen LogP contribution in [0.1, 0.15) is 168 Å². The van der Waals surface area contributed by atoms with E-state index in [1.165, 1.54) is 167 Å². The lowest BCUT2D eigenvalue weighted by molar-refractivity contribution is -0.121. The first-order valence-corrected chi connectivity index (χ1v) is 20.0. The SMILES string of the molecule is CCCCCCCCCCCCCCN(CCN(CCCCCCCCCCCCCC)N1CCOCC1)N1CCOCC1. The van der Waals surface area contributed by atoms with Crippen molar-refractivity contribution in [1.29, 1.82) is 0 Å². The van der Waals surface area contributed by atoms with E-state index in [0.29, 0.717) is 0 Å². The van der Waals surface area contributed by atoms with E-state index in [0.717, 1.165) is 65.7 Å². The summed E-state index contributed by atoms with van der Waals surface area (Å²) < 4.78 is 11.4. The Hall–Kier alpha value is -0.240. The fraction of sp³-hybridized carbons (Fsp3) is 1.00. The van der Waals surface area contributed by atoms with Gasteiger partial charge in [-0.3, -0.25) is 0 Å². The average Bonchev–Trinajstić information content (AvgIpc) is 3.06. The Labute approximate surface area is 275 Å². The molecule has 0 aromatic rings. The van der Waals surface area contributed by atoms with Crippen molar-refractivity contribution in [3.8, 4) is 0 Å². The van der Waals surface area contributed by atoms with E-state index in [1.807, 2.05) is 0 Å². The van der Waals surface area contributed by atoms with Gasteiger partial charge in [0, 0.05) is 52.4 Å². The van der Waals surface area contributed by atoms with Crippen LogP contribution in [0.4, 0.5) is 0 Å². The molecule has 2 rings (SSSR count). The quantitative estimate of drug-likeness (QED) is 0.0716. The van der Waals surface area contributed by atoms with Crippen molar-refractivity contribution in [2.75, 3.05) is 78.8 Å². The van der Waals surface area contributed by atoms with Crippen LogP contribution in [0.5, 0.6) is 0 Å². The summed E-state index contributed by atoms with van der Waals surface area (Å²) in [4.78, 5) is 0. The molecule has 2 aliphatic rings. The molecule has 0 amide bonds. The Bertz CT molecular complexity index is 533. The standard InChI is InChI=1S/C38H78N4O2/c1-3-5-7-9-11-13-15-17-19-21-23-25-27-39(41-31-35-43-36-32-41)29-30-40(42-33-37-44-38-34-42)28-26-24-22-20-18-16-14-12-10-8-6-4-2/h3-38H2,1-2H3. The van der Waals surface area contributed by atoms with Gasteiger partial charge < -0.3 is 9.47 Å². The molecule has 0 unspecified atom stereocenters. The Morgan fingerprint density at radius 1 is 0.341 bits per heavy atom.